The maximum atomic E-state index is 11.9. The van der Waals surface area contributed by atoms with Crippen molar-refractivity contribution in [3.05, 3.63) is 35.9 Å². The third-order valence-corrected chi connectivity index (χ3v) is 5.88. The largest absolute Gasteiger partial charge is 0.490 e. The zero-order chi connectivity index (χ0) is 23.8. The monoisotopic (exact) mass is 459 g/mol. The van der Waals surface area contributed by atoms with Crippen molar-refractivity contribution in [2.24, 2.45) is 0 Å². The molecule has 2 aliphatic rings. The van der Waals surface area contributed by atoms with E-state index in [4.69, 9.17) is 14.6 Å². The Morgan fingerprint density at radius 2 is 1.70 bits per heavy atom. The van der Waals surface area contributed by atoms with E-state index in [0.717, 1.165) is 56.6 Å². The third-order valence-electron chi connectivity index (χ3n) is 5.88. The van der Waals surface area contributed by atoms with Crippen LogP contribution < -0.4 is 10.1 Å². The van der Waals surface area contributed by atoms with Crippen LogP contribution in [-0.2, 0) is 4.74 Å². The van der Waals surface area contributed by atoms with Crippen molar-refractivity contribution in [1.29, 1.82) is 0 Å². The van der Waals surface area contributed by atoms with Crippen LogP contribution in [0.15, 0.2) is 30.3 Å². The number of alkyl carbamates (subject to hydrolysis) is 1. The molecule has 0 unspecified atom stereocenters. The van der Waals surface area contributed by atoms with E-state index in [1.807, 2.05) is 45.0 Å². The molecular formula is C25H37N3O5. The Labute approximate surface area is 196 Å². The van der Waals surface area contributed by atoms with Gasteiger partial charge in [-0.3, -0.25) is 4.90 Å². The minimum atomic E-state index is -0.855. The summed E-state index contributed by atoms with van der Waals surface area (Å²) < 4.78 is 11.3. The van der Waals surface area contributed by atoms with Crippen LogP contribution in [0.5, 0.6) is 5.75 Å². The summed E-state index contributed by atoms with van der Waals surface area (Å²) in [5, 5.41) is 12.0. The maximum Gasteiger partial charge on any atom is 0.407 e. The van der Waals surface area contributed by atoms with Crippen molar-refractivity contribution in [3.63, 3.8) is 0 Å². The van der Waals surface area contributed by atoms with Gasteiger partial charge in [0.05, 0.1) is 0 Å². The predicted molar refractivity (Wildman–Crippen MR) is 128 cm³/mol. The van der Waals surface area contributed by atoms with Gasteiger partial charge in [-0.25, -0.2) is 9.59 Å². The molecule has 1 aromatic rings. The second kappa shape index (κ2) is 11.4. The van der Waals surface area contributed by atoms with Gasteiger partial charge in [0.15, 0.2) is 0 Å². The highest BCUT2D eigenvalue weighted by molar-refractivity contribution is 5.68. The van der Waals surface area contributed by atoms with Gasteiger partial charge in [-0.1, -0.05) is 24.3 Å². The number of piperidine rings is 2. The van der Waals surface area contributed by atoms with Gasteiger partial charge in [0.25, 0.3) is 0 Å². The first-order valence-corrected chi connectivity index (χ1v) is 11.8. The number of hydrogen-bond donors (Lipinski definition) is 2. The molecule has 0 radical (unpaired) electrons. The van der Waals surface area contributed by atoms with Gasteiger partial charge in [-0.05, 0) is 51.3 Å². The van der Waals surface area contributed by atoms with Gasteiger partial charge in [0, 0.05) is 51.6 Å². The highest BCUT2D eigenvalue weighted by Crippen LogP contribution is 2.20. The Morgan fingerprint density at radius 3 is 2.27 bits per heavy atom. The number of carbonyl (C=O) groups is 2. The number of rotatable bonds is 6. The summed E-state index contributed by atoms with van der Waals surface area (Å²) in [5.74, 6) is 0.820. The number of ether oxygens (including phenoxy) is 2. The molecule has 0 saturated carbocycles. The fourth-order valence-electron chi connectivity index (χ4n) is 4.09. The van der Waals surface area contributed by atoms with Crippen molar-refractivity contribution in [2.45, 2.75) is 64.2 Å². The quantitative estimate of drug-likeness (QED) is 0.662. The first kappa shape index (κ1) is 24.9. The second-order valence-electron chi connectivity index (χ2n) is 9.78. The van der Waals surface area contributed by atoms with Crippen LogP contribution in [0.2, 0.25) is 0 Å². The SMILES string of the molecule is CC(C)(C)OC(=O)NC1CCN(C/C=C/c2ccc(OC3CCN(C(=O)O)CC3)cc2)CC1. The Kier molecular flexibility index (Phi) is 8.61. The van der Waals surface area contributed by atoms with Crippen molar-refractivity contribution in [2.75, 3.05) is 32.7 Å². The summed E-state index contributed by atoms with van der Waals surface area (Å²) in [6, 6.07) is 8.18. The Hall–Kier alpha value is -2.74. The van der Waals surface area contributed by atoms with Crippen LogP contribution in [0.4, 0.5) is 9.59 Å². The topological polar surface area (TPSA) is 91.3 Å². The molecule has 182 valence electrons. The lowest BCUT2D eigenvalue weighted by Gasteiger charge is -2.32. The van der Waals surface area contributed by atoms with Crippen LogP contribution in [0.1, 0.15) is 52.0 Å². The van der Waals surface area contributed by atoms with E-state index in [2.05, 4.69) is 22.4 Å². The van der Waals surface area contributed by atoms with Gasteiger partial charge < -0.3 is 24.8 Å². The number of likely N-dealkylation sites (tertiary alicyclic amines) is 2. The molecular weight excluding hydrogens is 422 g/mol. The molecule has 2 heterocycles. The van der Waals surface area contributed by atoms with Crippen molar-refractivity contribution >= 4 is 18.3 Å². The molecule has 2 fully saturated rings. The lowest BCUT2D eigenvalue weighted by molar-refractivity contribution is 0.0481. The van der Waals surface area contributed by atoms with Gasteiger partial charge in [0.2, 0.25) is 0 Å². The van der Waals surface area contributed by atoms with Crippen LogP contribution in [0.3, 0.4) is 0 Å². The maximum absolute atomic E-state index is 11.9. The average Bonchev–Trinajstić information content (AvgIpc) is 2.75. The van der Waals surface area contributed by atoms with Crippen LogP contribution in [0.25, 0.3) is 6.08 Å². The van der Waals surface area contributed by atoms with Gasteiger partial charge in [0.1, 0.15) is 17.5 Å². The predicted octanol–water partition coefficient (Wildman–Crippen LogP) is 4.21. The minimum Gasteiger partial charge on any atom is -0.490 e. The number of amides is 2. The summed E-state index contributed by atoms with van der Waals surface area (Å²) in [6.07, 6.45) is 6.43. The second-order valence-corrected chi connectivity index (χ2v) is 9.78. The van der Waals surface area contributed by atoms with Crippen molar-refractivity contribution in [1.82, 2.24) is 15.1 Å². The van der Waals surface area contributed by atoms with E-state index in [1.54, 1.807) is 0 Å². The van der Waals surface area contributed by atoms with Gasteiger partial charge in [-0.15, -0.1) is 0 Å². The van der Waals surface area contributed by atoms with E-state index in [9.17, 15) is 9.59 Å². The smallest absolute Gasteiger partial charge is 0.407 e. The molecule has 3 rings (SSSR count). The number of carboxylic acid groups (broad SMARTS) is 1. The van der Waals surface area contributed by atoms with E-state index in [1.165, 1.54) is 4.90 Å². The number of benzene rings is 1. The molecule has 0 bridgehead atoms. The Morgan fingerprint density at radius 1 is 1.06 bits per heavy atom. The molecule has 2 amide bonds. The minimum absolute atomic E-state index is 0.0646. The molecule has 1 aromatic carbocycles. The fourth-order valence-corrected chi connectivity index (χ4v) is 4.09. The van der Waals surface area contributed by atoms with Crippen molar-refractivity contribution in [3.8, 4) is 5.75 Å². The number of nitrogens with zero attached hydrogens (tertiary/aromatic N) is 2. The summed E-state index contributed by atoms with van der Waals surface area (Å²) in [5.41, 5.74) is 0.643. The van der Waals surface area contributed by atoms with E-state index < -0.39 is 11.7 Å². The van der Waals surface area contributed by atoms with Crippen LogP contribution in [-0.4, -0.2) is 77.6 Å². The molecule has 0 aromatic heterocycles. The molecule has 0 atom stereocenters. The van der Waals surface area contributed by atoms with Gasteiger partial charge in [-0.2, -0.15) is 0 Å². The lowest BCUT2D eigenvalue weighted by Crippen LogP contribution is -2.46. The molecule has 0 aliphatic carbocycles. The molecule has 2 N–H and O–H groups in total. The number of hydrogen-bond acceptors (Lipinski definition) is 5. The van der Waals surface area contributed by atoms with Crippen LogP contribution >= 0.6 is 0 Å². The third kappa shape index (κ3) is 8.61. The average molecular weight is 460 g/mol. The first-order chi connectivity index (χ1) is 15.7. The first-order valence-electron chi connectivity index (χ1n) is 11.8. The zero-order valence-corrected chi connectivity index (χ0v) is 20.0. The van der Waals surface area contributed by atoms with Gasteiger partial charge >= 0.3 is 12.2 Å². The Bertz CT molecular complexity index is 802. The molecule has 2 aliphatic heterocycles. The molecule has 2 saturated heterocycles. The summed E-state index contributed by atoms with van der Waals surface area (Å²) in [7, 11) is 0. The lowest BCUT2D eigenvalue weighted by atomic mass is 10.1. The van der Waals surface area contributed by atoms with E-state index in [0.29, 0.717) is 13.1 Å². The summed E-state index contributed by atoms with van der Waals surface area (Å²) in [4.78, 5) is 26.7. The summed E-state index contributed by atoms with van der Waals surface area (Å²) >= 11 is 0. The highest BCUT2D eigenvalue weighted by atomic mass is 16.6. The highest BCUT2D eigenvalue weighted by Gasteiger charge is 2.24. The molecule has 33 heavy (non-hydrogen) atoms. The Balaban J connectivity index is 1.35. The zero-order valence-electron chi connectivity index (χ0n) is 20.0. The number of carbonyl (C=O) groups excluding carboxylic acids is 1. The summed E-state index contributed by atoms with van der Waals surface area (Å²) in [6.45, 7) is 9.42. The van der Waals surface area contributed by atoms with E-state index >= 15 is 0 Å². The van der Waals surface area contributed by atoms with Crippen molar-refractivity contribution < 1.29 is 24.2 Å². The number of nitrogens with one attached hydrogen (secondary N) is 1. The standard InChI is InChI=1S/C25H37N3O5/c1-25(2,3)33-23(29)26-20-10-15-27(16-11-20)14-4-5-19-6-8-21(9-7-19)32-22-12-17-28(18-13-22)24(30)31/h4-9,20,22H,10-18H2,1-3H3,(H,26,29)(H,30,31)/b5-4+. The molecule has 8 nitrogen and oxygen atoms in total. The normalized spacial score (nSPS) is 18.9. The van der Waals surface area contributed by atoms with E-state index in [-0.39, 0.29) is 18.2 Å². The molecule has 8 heteroatoms. The fraction of sp³-hybridized carbons (Fsp3) is 0.600. The molecule has 0 spiro atoms. The van der Waals surface area contributed by atoms with Crippen LogP contribution in [0, 0.1) is 0 Å².